The van der Waals surface area contributed by atoms with Crippen LogP contribution in [0.3, 0.4) is 0 Å². The minimum absolute atomic E-state index is 0.0295. The zero-order valence-electron chi connectivity index (χ0n) is 19.6. The Balaban J connectivity index is 1.31. The lowest BCUT2D eigenvalue weighted by atomic mass is 9.95. The van der Waals surface area contributed by atoms with Gasteiger partial charge in [0.15, 0.2) is 15.5 Å². The summed E-state index contributed by atoms with van der Waals surface area (Å²) in [7, 11) is -3.00. The van der Waals surface area contributed by atoms with E-state index in [-0.39, 0.29) is 64.6 Å². The maximum absolute atomic E-state index is 15.0. The van der Waals surface area contributed by atoms with Crippen molar-refractivity contribution >= 4 is 32.6 Å². The van der Waals surface area contributed by atoms with Crippen LogP contribution in [-0.4, -0.2) is 71.5 Å². The number of nitrogens with one attached hydrogen (secondary N) is 1. The molecule has 9 nitrogen and oxygen atoms in total. The van der Waals surface area contributed by atoms with Crippen LogP contribution in [0.4, 0.5) is 4.39 Å². The number of hydrogen-bond donors (Lipinski definition) is 2. The van der Waals surface area contributed by atoms with Gasteiger partial charge in [-0.15, -0.1) is 0 Å². The summed E-state index contributed by atoms with van der Waals surface area (Å²) in [6.45, 7) is 2.30. The van der Waals surface area contributed by atoms with Crippen LogP contribution in [0.15, 0.2) is 24.3 Å². The number of nitrogens with zero attached hydrogens (tertiary/aromatic N) is 2. The second-order valence-corrected chi connectivity index (χ2v) is 12.1. The molecular weight excluding hydrogens is 513 g/mol. The molecular formula is C24H27ClFN3O6S. The predicted molar refractivity (Wildman–Crippen MR) is 132 cm³/mol. The summed E-state index contributed by atoms with van der Waals surface area (Å²) in [4.78, 5) is 11.9. The highest BCUT2D eigenvalue weighted by molar-refractivity contribution is 7.91. The molecule has 0 aliphatic carbocycles. The van der Waals surface area contributed by atoms with Gasteiger partial charge in [-0.05, 0) is 43.4 Å². The van der Waals surface area contributed by atoms with Crippen LogP contribution in [0.5, 0.6) is 11.8 Å². The molecule has 4 heterocycles. The van der Waals surface area contributed by atoms with Gasteiger partial charge in [-0.2, -0.15) is 4.98 Å². The number of imidazole rings is 1. The molecule has 0 bridgehead atoms. The Morgan fingerprint density at radius 1 is 1.19 bits per heavy atom. The Labute approximate surface area is 212 Å². The molecule has 0 spiro atoms. The molecule has 2 aliphatic rings. The maximum Gasteiger partial charge on any atom is 0.296 e. The van der Waals surface area contributed by atoms with E-state index in [1.165, 1.54) is 12.1 Å². The molecule has 2 aromatic heterocycles. The SMILES string of the molecule is C[C@H]1C[C@@H](Oc2nc3nc(-c4ccc(OC5CCS(=O)(=O)CC5)cc4F)c(Cl)cc3[nH]2)CO[C@@H]1CO. The minimum atomic E-state index is -3.00. The van der Waals surface area contributed by atoms with E-state index in [9.17, 15) is 13.5 Å². The van der Waals surface area contributed by atoms with Crippen LogP contribution in [0.25, 0.3) is 22.4 Å². The van der Waals surface area contributed by atoms with E-state index in [1.54, 1.807) is 12.1 Å². The third-order valence-electron chi connectivity index (χ3n) is 6.63. The number of hydrogen-bond acceptors (Lipinski definition) is 8. The first-order chi connectivity index (χ1) is 17.2. The van der Waals surface area contributed by atoms with Gasteiger partial charge in [0.1, 0.15) is 23.8 Å². The fraction of sp³-hybridized carbons (Fsp3) is 0.500. The van der Waals surface area contributed by atoms with Crippen LogP contribution in [-0.2, 0) is 14.6 Å². The number of pyridine rings is 1. The molecule has 2 aliphatic heterocycles. The second kappa shape index (κ2) is 10.1. The van der Waals surface area contributed by atoms with E-state index in [4.69, 9.17) is 25.8 Å². The third-order valence-corrected chi connectivity index (χ3v) is 8.63. The second-order valence-electron chi connectivity index (χ2n) is 9.35. The van der Waals surface area contributed by atoms with Crippen molar-refractivity contribution in [1.29, 1.82) is 0 Å². The number of ether oxygens (including phenoxy) is 3. The van der Waals surface area contributed by atoms with E-state index in [2.05, 4.69) is 15.0 Å². The summed E-state index contributed by atoms with van der Waals surface area (Å²) in [5, 5.41) is 9.58. The first-order valence-corrected chi connectivity index (χ1v) is 14.0. The molecule has 12 heteroatoms. The zero-order valence-corrected chi connectivity index (χ0v) is 21.2. The van der Waals surface area contributed by atoms with Gasteiger partial charge in [0.25, 0.3) is 6.01 Å². The van der Waals surface area contributed by atoms with E-state index < -0.39 is 15.7 Å². The molecule has 194 valence electrons. The van der Waals surface area contributed by atoms with Crippen LogP contribution in [0, 0.1) is 11.7 Å². The number of sulfone groups is 1. The number of aliphatic hydroxyl groups is 1. The molecule has 0 amide bonds. The standard InChI is InChI=1S/C24H27ClFN3O6S/c1-13-8-16(12-33-21(13)11-30)35-24-27-20-10-18(25)22(28-23(20)29-24)17-3-2-15(9-19(17)26)34-14-4-6-36(31,32)7-5-14/h2-3,9-10,13-14,16,21,30H,4-8,11-12H2,1H3,(H,27,28,29)/t13-,16+,21+/m0/s1. The van der Waals surface area contributed by atoms with E-state index in [0.717, 1.165) is 0 Å². The molecule has 36 heavy (non-hydrogen) atoms. The quantitative estimate of drug-likeness (QED) is 0.487. The Morgan fingerprint density at radius 2 is 1.97 bits per heavy atom. The molecule has 3 aromatic rings. The average Bonchev–Trinajstić information content (AvgIpc) is 3.21. The largest absolute Gasteiger partial charge is 0.490 e. The number of halogens is 2. The fourth-order valence-electron chi connectivity index (χ4n) is 4.58. The Hall–Kier alpha value is -2.47. The van der Waals surface area contributed by atoms with Gasteiger partial charge in [0.2, 0.25) is 0 Å². The fourth-order valence-corrected chi connectivity index (χ4v) is 6.28. The number of H-pyrrole nitrogens is 1. The molecule has 1 aromatic carbocycles. The molecule has 2 N–H and O–H groups in total. The van der Waals surface area contributed by atoms with Crippen molar-refractivity contribution in [2.75, 3.05) is 24.7 Å². The topological polar surface area (TPSA) is 124 Å². The van der Waals surface area contributed by atoms with Crippen LogP contribution in [0.1, 0.15) is 26.2 Å². The van der Waals surface area contributed by atoms with Gasteiger partial charge in [-0.25, -0.2) is 17.8 Å². The van der Waals surface area contributed by atoms with Crippen LogP contribution in [0.2, 0.25) is 5.02 Å². The smallest absolute Gasteiger partial charge is 0.296 e. The van der Waals surface area contributed by atoms with Crippen molar-refractivity contribution in [3.8, 4) is 23.0 Å². The average molecular weight is 540 g/mol. The Kier molecular flexibility index (Phi) is 7.08. The lowest BCUT2D eigenvalue weighted by Crippen LogP contribution is -2.40. The predicted octanol–water partition coefficient (Wildman–Crippen LogP) is 3.54. The highest BCUT2D eigenvalue weighted by Crippen LogP contribution is 2.33. The van der Waals surface area contributed by atoms with Crippen molar-refractivity contribution in [1.82, 2.24) is 15.0 Å². The number of aliphatic hydroxyl groups excluding tert-OH is 1. The van der Waals surface area contributed by atoms with Crippen LogP contribution >= 0.6 is 11.6 Å². The van der Waals surface area contributed by atoms with E-state index >= 15 is 4.39 Å². The number of benzene rings is 1. The number of rotatable bonds is 6. The van der Waals surface area contributed by atoms with E-state index in [0.29, 0.717) is 42.8 Å². The number of fused-ring (bicyclic) bond motifs is 1. The summed E-state index contributed by atoms with van der Waals surface area (Å²) in [5.74, 6) is 0.0362. The lowest BCUT2D eigenvalue weighted by Gasteiger charge is -2.32. The molecule has 2 fully saturated rings. The molecule has 2 saturated heterocycles. The summed E-state index contributed by atoms with van der Waals surface area (Å²) < 4.78 is 55.6. The van der Waals surface area contributed by atoms with Gasteiger partial charge in [0.05, 0.1) is 47.1 Å². The Morgan fingerprint density at radius 3 is 2.67 bits per heavy atom. The molecule has 0 unspecified atom stereocenters. The first-order valence-electron chi connectivity index (χ1n) is 11.8. The molecule has 0 radical (unpaired) electrons. The molecule has 0 saturated carbocycles. The van der Waals surface area contributed by atoms with Crippen molar-refractivity contribution in [2.24, 2.45) is 5.92 Å². The van der Waals surface area contributed by atoms with Gasteiger partial charge in [-0.1, -0.05) is 18.5 Å². The first kappa shape index (κ1) is 25.2. The third kappa shape index (κ3) is 5.44. The van der Waals surface area contributed by atoms with Crippen molar-refractivity contribution in [3.63, 3.8) is 0 Å². The molecule has 5 rings (SSSR count). The van der Waals surface area contributed by atoms with Crippen molar-refractivity contribution < 1.29 is 32.1 Å². The van der Waals surface area contributed by atoms with Gasteiger partial charge in [-0.3, -0.25) is 0 Å². The maximum atomic E-state index is 15.0. The number of aromatic nitrogens is 3. The van der Waals surface area contributed by atoms with Crippen molar-refractivity contribution in [2.45, 2.75) is 44.5 Å². The highest BCUT2D eigenvalue weighted by atomic mass is 35.5. The Bertz CT molecular complexity index is 1350. The monoisotopic (exact) mass is 539 g/mol. The minimum Gasteiger partial charge on any atom is -0.490 e. The number of aromatic amines is 1. The van der Waals surface area contributed by atoms with Crippen LogP contribution < -0.4 is 9.47 Å². The molecule has 3 atom stereocenters. The normalized spacial score (nSPS) is 24.6. The summed E-state index contributed by atoms with van der Waals surface area (Å²) in [6.07, 6.45) is 0.770. The lowest BCUT2D eigenvalue weighted by molar-refractivity contribution is -0.0958. The van der Waals surface area contributed by atoms with Crippen molar-refractivity contribution in [3.05, 3.63) is 35.1 Å². The van der Waals surface area contributed by atoms with E-state index in [1.807, 2.05) is 6.92 Å². The summed E-state index contributed by atoms with van der Waals surface area (Å²) in [5.41, 5.74) is 1.29. The van der Waals surface area contributed by atoms with Gasteiger partial charge in [0, 0.05) is 11.6 Å². The highest BCUT2D eigenvalue weighted by Gasteiger charge is 2.30. The van der Waals surface area contributed by atoms with Gasteiger partial charge < -0.3 is 24.3 Å². The summed E-state index contributed by atoms with van der Waals surface area (Å²) in [6, 6.07) is 6.28. The van der Waals surface area contributed by atoms with Gasteiger partial charge >= 0.3 is 0 Å². The zero-order chi connectivity index (χ0) is 25.4. The summed E-state index contributed by atoms with van der Waals surface area (Å²) >= 11 is 6.43.